The standard InChI is InChI=1S/C20H24N2O/c1-2-13-10-21-8-7-20-16-5-3-4-6-17(16)22-12-23-11-15(19(20)22)14(13)9-18(20)21/h2-6,14-15,18-19H,7-12H2,1H3/b13-2-/t14-,15-,18-,19-,20+/m0/s1. The molecule has 4 heterocycles. The van der Waals surface area contributed by atoms with E-state index in [1.165, 1.54) is 31.6 Å². The van der Waals surface area contributed by atoms with E-state index in [1.54, 1.807) is 11.1 Å². The third kappa shape index (κ3) is 1.33. The second kappa shape index (κ2) is 4.20. The zero-order chi connectivity index (χ0) is 15.2. The molecule has 1 aromatic rings. The summed E-state index contributed by atoms with van der Waals surface area (Å²) in [6.45, 7) is 6.43. The molecular formula is C20H24N2O. The van der Waals surface area contributed by atoms with E-state index in [2.05, 4.69) is 47.1 Å². The normalized spacial score (nSPS) is 45.3. The van der Waals surface area contributed by atoms with Crippen LogP contribution in [0.15, 0.2) is 35.9 Å². The van der Waals surface area contributed by atoms with Gasteiger partial charge in [0.05, 0.1) is 6.61 Å². The van der Waals surface area contributed by atoms with Crippen molar-refractivity contribution in [2.45, 2.75) is 37.3 Å². The van der Waals surface area contributed by atoms with E-state index in [1.807, 2.05) is 0 Å². The highest BCUT2D eigenvalue weighted by molar-refractivity contribution is 5.67. The first-order valence-electron chi connectivity index (χ1n) is 9.17. The number of ether oxygens (including phenoxy) is 1. The third-order valence-corrected chi connectivity index (χ3v) is 7.60. The molecule has 2 bridgehead atoms. The molecule has 5 atom stereocenters. The molecule has 0 N–H and O–H groups in total. The van der Waals surface area contributed by atoms with E-state index in [0.29, 0.717) is 17.4 Å². The van der Waals surface area contributed by atoms with Crippen molar-refractivity contribution in [1.82, 2.24) is 4.90 Å². The lowest BCUT2D eigenvalue weighted by Gasteiger charge is -2.58. The number of allylic oxidation sites excluding steroid dienone is 1. The Morgan fingerprint density at radius 3 is 3.13 bits per heavy atom. The molecule has 4 fully saturated rings. The lowest BCUT2D eigenvalue weighted by molar-refractivity contribution is -0.0405. The maximum absolute atomic E-state index is 6.10. The third-order valence-electron chi connectivity index (χ3n) is 7.60. The van der Waals surface area contributed by atoms with Crippen molar-refractivity contribution in [3.63, 3.8) is 0 Å². The summed E-state index contributed by atoms with van der Waals surface area (Å²) in [5.74, 6) is 1.40. The van der Waals surface area contributed by atoms with Crippen molar-refractivity contribution in [2.24, 2.45) is 11.8 Å². The van der Waals surface area contributed by atoms with Crippen molar-refractivity contribution < 1.29 is 4.74 Å². The monoisotopic (exact) mass is 308 g/mol. The molecule has 5 aliphatic rings. The van der Waals surface area contributed by atoms with Gasteiger partial charge in [-0.15, -0.1) is 0 Å². The molecule has 3 nitrogen and oxygen atoms in total. The van der Waals surface area contributed by atoms with Gasteiger partial charge < -0.3 is 9.64 Å². The minimum absolute atomic E-state index is 0.362. The number of nitrogens with zero attached hydrogens (tertiary/aromatic N) is 2. The number of piperidine rings is 1. The average molecular weight is 308 g/mol. The Morgan fingerprint density at radius 2 is 2.22 bits per heavy atom. The fourth-order valence-electron chi connectivity index (χ4n) is 6.87. The van der Waals surface area contributed by atoms with E-state index < -0.39 is 0 Å². The van der Waals surface area contributed by atoms with Crippen LogP contribution in [0.3, 0.4) is 0 Å². The number of hydrogen-bond acceptors (Lipinski definition) is 3. The van der Waals surface area contributed by atoms with Crippen LogP contribution in [0.4, 0.5) is 5.69 Å². The number of fused-ring (bicyclic) bond motifs is 4. The minimum atomic E-state index is 0.362. The molecule has 1 aromatic carbocycles. The predicted octanol–water partition coefficient (Wildman–Crippen LogP) is 2.77. The van der Waals surface area contributed by atoms with Crippen LogP contribution in [0.1, 0.15) is 25.3 Å². The predicted molar refractivity (Wildman–Crippen MR) is 90.5 cm³/mol. The molecule has 0 unspecified atom stereocenters. The summed E-state index contributed by atoms with van der Waals surface area (Å²) in [6, 6.07) is 10.6. The SMILES string of the molecule is C/C=C1/CN2CC[C@]34c5ccccc5N5COC[C@H]([C@H]53)[C@H]1C[C@H]24. The van der Waals surface area contributed by atoms with Gasteiger partial charge in [0.25, 0.3) is 0 Å². The van der Waals surface area contributed by atoms with E-state index in [-0.39, 0.29) is 0 Å². The fourth-order valence-corrected chi connectivity index (χ4v) is 6.87. The molecule has 1 aliphatic carbocycles. The topological polar surface area (TPSA) is 15.7 Å². The quantitative estimate of drug-likeness (QED) is 0.686. The summed E-state index contributed by atoms with van der Waals surface area (Å²) in [7, 11) is 0. The van der Waals surface area contributed by atoms with E-state index in [4.69, 9.17) is 4.74 Å². The van der Waals surface area contributed by atoms with Crippen molar-refractivity contribution in [3.8, 4) is 0 Å². The van der Waals surface area contributed by atoms with Gasteiger partial charge in [0, 0.05) is 35.6 Å². The van der Waals surface area contributed by atoms with E-state index >= 15 is 0 Å². The van der Waals surface area contributed by atoms with Gasteiger partial charge in [0.2, 0.25) is 0 Å². The lowest BCUT2D eigenvalue weighted by Crippen LogP contribution is -2.66. The van der Waals surface area contributed by atoms with Crippen LogP contribution in [0.25, 0.3) is 0 Å². The summed E-state index contributed by atoms with van der Waals surface area (Å²) in [4.78, 5) is 5.41. The second-order valence-electron chi connectivity index (χ2n) is 8.08. The highest BCUT2D eigenvalue weighted by atomic mass is 16.5. The first-order valence-corrected chi connectivity index (χ1v) is 9.17. The van der Waals surface area contributed by atoms with Crippen LogP contribution >= 0.6 is 0 Å². The Balaban J connectivity index is 1.62. The summed E-state index contributed by atoms with van der Waals surface area (Å²) in [5.41, 5.74) is 5.11. The zero-order valence-electron chi connectivity index (χ0n) is 13.7. The molecule has 120 valence electrons. The van der Waals surface area contributed by atoms with Crippen molar-refractivity contribution >= 4 is 5.69 Å². The van der Waals surface area contributed by atoms with Crippen molar-refractivity contribution in [2.75, 3.05) is 31.3 Å². The molecule has 0 radical (unpaired) electrons. The Bertz CT molecular complexity index is 713. The van der Waals surface area contributed by atoms with Gasteiger partial charge in [-0.3, -0.25) is 4.90 Å². The number of hydrogen-bond donors (Lipinski definition) is 0. The molecule has 3 heteroatoms. The molecule has 0 amide bonds. The van der Waals surface area contributed by atoms with Gasteiger partial charge in [-0.25, -0.2) is 0 Å². The molecule has 3 saturated heterocycles. The van der Waals surface area contributed by atoms with E-state index in [0.717, 1.165) is 25.3 Å². The van der Waals surface area contributed by atoms with Gasteiger partial charge >= 0.3 is 0 Å². The Hall–Kier alpha value is -1.32. The first kappa shape index (κ1) is 13.0. The van der Waals surface area contributed by atoms with Crippen LogP contribution in [0, 0.1) is 11.8 Å². The fraction of sp³-hybridized carbons (Fsp3) is 0.600. The van der Waals surface area contributed by atoms with Crippen molar-refractivity contribution in [3.05, 3.63) is 41.5 Å². The van der Waals surface area contributed by atoms with Crippen LogP contribution in [0.2, 0.25) is 0 Å². The van der Waals surface area contributed by atoms with Crippen LogP contribution in [0.5, 0.6) is 0 Å². The van der Waals surface area contributed by atoms with Gasteiger partial charge in [0.15, 0.2) is 0 Å². The Morgan fingerprint density at radius 1 is 1.30 bits per heavy atom. The summed E-state index contributed by atoms with van der Waals surface area (Å²) >= 11 is 0. The van der Waals surface area contributed by atoms with Gasteiger partial charge in [0.1, 0.15) is 6.73 Å². The smallest absolute Gasteiger partial charge is 0.119 e. The number of rotatable bonds is 0. The summed E-state index contributed by atoms with van der Waals surface area (Å²) in [5, 5.41) is 0. The molecule has 1 spiro atoms. The average Bonchev–Trinajstić information content (AvgIpc) is 3.14. The maximum Gasteiger partial charge on any atom is 0.119 e. The van der Waals surface area contributed by atoms with Gasteiger partial charge in [-0.2, -0.15) is 0 Å². The molecule has 6 rings (SSSR count). The number of benzene rings is 1. The highest BCUT2D eigenvalue weighted by Gasteiger charge is 2.67. The Labute approximate surface area is 137 Å². The minimum Gasteiger partial charge on any atom is -0.361 e. The first-order chi connectivity index (χ1) is 11.3. The summed E-state index contributed by atoms with van der Waals surface area (Å²) in [6.07, 6.45) is 5.07. The number of para-hydroxylation sites is 1. The van der Waals surface area contributed by atoms with E-state index in [9.17, 15) is 0 Å². The highest BCUT2D eigenvalue weighted by Crippen LogP contribution is 2.63. The summed E-state index contributed by atoms with van der Waals surface area (Å²) < 4.78 is 6.10. The largest absolute Gasteiger partial charge is 0.361 e. The van der Waals surface area contributed by atoms with Crippen LogP contribution in [-0.4, -0.2) is 43.4 Å². The van der Waals surface area contributed by atoms with Crippen LogP contribution < -0.4 is 4.90 Å². The zero-order valence-corrected chi connectivity index (χ0v) is 13.7. The second-order valence-corrected chi connectivity index (χ2v) is 8.08. The van der Waals surface area contributed by atoms with Gasteiger partial charge in [-0.05, 0) is 43.9 Å². The Kier molecular flexibility index (Phi) is 2.38. The lowest BCUT2D eigenvalue weighted by atomic mass is 9.55. The molecule has 1 saturated carbocycles. The molecule has 23 heavy (non-hydrogen) atoms. The van der Waals surface area contributed by atoms with Gasteiger partial charge in [-0.1, -0.05) is 29.8 Å². The molecule has 0 aromatic heterocycles. The maximum atomic E-state index is 6.10. The molecule has 4 aliphatic heterocycles. The molecular weight excluding hydrogens is 284 g/mol. The van der Waals surface area contributed by atoms with Crippen molar-refractivity contribution in [1.29, 1.82) is 0 Å². The van der Waals surface area contributed by atoms with Crippen LogP contribution in [-0.2, 0) is 10.2 Å². The number of anilines is 1.